The van der Waals surface area contributed by atoms with E-state index in [1.54, 1.807) is 23.2 Å². The summed E-state index contributed by atoms with van der Waals surface area (Å²) < 4.78 is 6.01. The summed E-state index contributed by atoms with van der Waals surface area (Å²) in [6.45, 7) is 3.46. The molecular weight excluding hydrogens is 356 g/mol. The molecule has 1 aromatic heterocycles. The van der Waals surface area contributed by atoms with Gasteiger partial charge in [0, 0.05) is 24.0 Å². The Labute approximate surface area is 136 Å². The summed E-state index contributed by atoms with van der Waals surface area (Å²) >= 11 is 4.97. The molecule has 2 rings (SSSR count). The molecule has 1 aliphatic heterocycles. The Kier molecular flexibility index (Phi) is 6.05. The van der Waals surface area contributed by atoms with Crippen LogP contribution in [-0.2, 0) is 16.0 Å². The van der Waals surface area contributed by atoms with Crippen molar-refractivity contribution in [1.82, 2.24) is 10.2 Å². The molecule has 0 aromatic carbocycles. The highest BCUT2D eigenvalue weighted by atomic mass is 79.9. The molecule has 1 saturated heterocycles. The van der Waals surface area contributed by atoms with Gasteiger partial charge < -0.3 is 15.0 Å². The predicted molar refractivity (Wildman–Crippen MR) is 85.5 cm³/mol. The van der Waals surface area contributed by atoms with Gasteiger partial charge in [-0.1, -0.05) is 0 Å². The van der Waals surface area contributed by atoms with Crippen molar-refractivity contribution in [3.63, 3.8) is 0 Å². The Morgan fingerprint density at radius 2 is 2.14 bits per heavy atom. The summed E-state index contributed by atoms with van der Waals surface area (Å²) in [7, 11) is 0. The first-order valence-electron chi connectivity index (χ1n) is 7.03. The molecule has 7 heteroatoms. The first-order valence-corrected chi connectivity index (χ1v) is 8.64. The number of piperidine rings is 1. The van der Waals surface area contributed by atoms with Crippen molar-refractivity contribution in [1.29, 1.82) is 0 Å². The molecule has 0 unspecified atom stereocenters. The minimum Gasteiger partial charge on any atom is -0.450 e. The van der Waals surface area contributed by atoms with Gasteiger partial charge in [0.1, 0.15) is 0 Å². The molecule has 1 aromatic rings. The molecule has 0 spiro atoms. The number of halogens is 1. The average Bonchev–Trinajstić information content (AvgIpc) is 2.85. The highest BCUT2D eigenvalue weighted by Crippen LogP contribution is 2.22. The van der Waals surface area contributed by atoms with Gasteiger partial charge in [0.15, 0.2) is 0 Å². The molecule has 1 fully saturated rings. The Morgan fingerprint density at radius 1 is 1.43 bits per heavy atom. The molecule has 0 atom stereocenters. The summed E-state index contributed by atoms with van der Waals surface area (Å²) in [5.41, 5.74) is 0. The SMILES string of the molecule is CCOC(=O)N1CCC(NC(=O)Cc2ccc(Br)s2)CC1. The number of amides is 2. The monoisotopic (exact) mass is 374 g/mol. The number of nitrogens with one attached hydrogen (secondary N) is 1. The molecule has 0 aliphatic carbocycles. The maximum absolute atomic E-state index is 12.0. The lowest BCUT2D eigenvalue weighted by atomic mass is 10.1. The number of ether oxygens (including phenoxy) is 1. The average molecular weight is 375 g/mol. The van der Waals surface area contributed by atoms with Crippen LogP contribution in [0.3, 0.4) is 0 Å². The molecule has 1 N–H and O–H groups in total. The van der Waals surface area contributed by atoms with Crippen LogP contribution in [0.25, 0.3) is 0 Å². The van der Waals surface area contributed by atoms with Crippen LogP contribution >= 0.6 is 27.3 Å². The van der Waals surface area contributed by atoms with E-state index in [4.69, 9.17) is 4.74 Å². The topological polar surface area (TPSA) is 58.6 Å². The normalized spacial score (nSPS) is 15.8. The third-order valence-electron chi connectivity index (χ3n) is 3.35. The van der Waals surface area contributed by atoms with Gasteiger partial charge in [-0.25, -0.2) is 4.79 Å². The zero-order chi connectivity index (χ0) is 15.2. The summed E-state index contributed by atoms with van der Waals surface area (Å²) in [4.78, 5) is 26.3. The number of carbonyl (C=O) groups excluding carboxylic acids is 2. The van der Waals surface area contributed by atoms with Gasteiger partial charge in [-0.15, -0.1) is 11.3 Å². The van der Waals surface area contributed by atoms with E-state index >= 15 is 0 Å². The number of likely N-dealkylation sites (tertiary alicyclic amines) is 1. The van der Waals surface area contributed by atoms with Crippen LogP contribution in [0.2, 0.25) is 0 Å². The van der Waals surface area contributed by atoms with Gasteiger partial charge in [0.05, 0.1) is 16.8 Å². The van der Waals surface area contributed by atoms with Crippen LogP contribution in [0.5, 0.6) is 0 Å². The lowest BCUT2D eigenvalue weighted by Crippen LogP contribution is -2.47. The second-order valence-electron chi connectivity index (χ2n) is 4.91. The van der Waals surface area contributed by atoms with E-state index in [1.165, 1.54) is 0 Å². The largest absolute Gasteiger partial charge is 0.450 e. The molecule has 0 radical (unpaired) electrons. The molecule has 1 aliphatic rings. The highest BCUT2D eigenvalue weighted by molar-refractivity contribution is 9.11. The third kappa shape index (κ3) is 5.00. The number of thiophene rings is 1. The van der Waals surface area contributed by atoms with Gasteiger partial charge in [-0.3, -0.25) is 4.79 Å². The van der Waals surface area contributed by atoms with Crippen LogP contribution in [0.1, 0.15) is 24.6 Å². The van der Waals surface area contributed by atoms with Crippen molar-refractivity contribution >= 4 is 39.3 Å². The highest BCUT2D eigenvalue weighted by Gasteiger charge is 2.24. The summed E-state index contributed by atoms with van der Waals surface area (Å²) in [5.74, 6) is 0.0407. The minimum atomic E-state index is -0.259. The molecular formula is C14H19BrN2O3S. The lowest BCUT2D eigenvalue weighted by molar-refractivity contribution is -0.121. The van der Waals surface area contributed by atoms with Gasteiger partial charge in [0.25, 0.3) is 0 Å². The van der Waals surface area contributed by atoms with E-state index in [-0.39, 0.29) is 18.0 Å². The second-order valence-corrected chi connectivity index (χ2v) is 7.46. The summed E-state index contributed by atoms with van der Waals surface area (Å²) in [5, 5.41) is 3.04. The van der Waals surface area contributed by atoms with Crippen LogP contribution in [0.15, 0.2) is 15.9 Å². The smallest absolute Gasteiger partial charge is 0.409 e. The molecule has 2 heterocycles. The van der Waals surface area contributed by atoms with Crippen LogP contribution in [0.4, 0.5) is 4.79 Å². The quantitative estimate of drug-likeness (QED) is 0.881. The fourth-order valence-corrected chi connectivity index (χ4v) is 3.79. The van der Waals surface area contributed by atoms with Gasteiger partial charge >= 0.3 is 6.09 Å². The van der Waals surface area contributed by atoms with Crippen LogP contribution < -0.4 is 5.32 Å². The Hall–Kier alpha value is -1.08. The number of nitrogens with zero attached hydrogens (tertiary/aromatic N) is 1. The molecule has 2 amide bonds. The standard InChI is InChI=1S/C14H19BrN2O3S/c1-2-20-14(19)17-7-5-10(6-8-17)16-13(18)9-11-3-4-12(15)21-11/h3-4,10H,2,5-9H2,1H3,(H,16,18). The fourth-order valence-electron chi connectivity index (χ4n) is 2.30. The van der Waals surface area contributed by atoms with E-state index in [0.29, 0.717) is 26.1 Å². The number of rotatable bonds is 4. The van der Waals surface area contributed by atoms with Crippen LogP contribution in [-0.4, -0.2) is 42.6 Å². The van der Waals surface area contributed by atoms with Crippen molar-refractivity contribution < 1.29 is 14.3 Å². The number of carbonyl (C=O) groups is 2. The predicted octanol–water partition coefficient (Wildman–Crippen LogP) is 2.79. The minimum absolute atomic E-state index is 0.0407. The van der Waals surface area contributed by atoms with Gasteiger partial charge in [0.2, 0.25) is 5.91 Å². The molecule has 5 nitrogen and oxygen atoms in total. The first-order chi connectivity index (χ1) is 10.1. The Balaban J connectivity index is 1.73. The number of hydrogen-bond acceptors (Lipinski definition) is 4. The Morgan fingerprint density at radius 3 is 2.71 bits per heavy atom. The third-order valence-corrected chi connectivity index (χ3v) is 4.97. The molecule has 21 heavy (non-hydrogen) atoms. The zero-order valence-corrected chi connectivity index (χ0v) is 14.3. The van der Waals surface area contributed by atoms with E-state index in [1.807, 2.05) is 12.1 Å². The van der Waals surface area contributed by atoms with Gasteiger partial charge in [-0.2, -0.15) is 0 Å². The second kappa shape index (κ2) is 7.79. The van der Waals surface area contributed by atoms with Gasteiger partial charge in [-0.05, 0) is 47.8 Å². The zero-order valence-electron chi connectivity index (χ0n) is 11.9. The van der Waals surface area contributed by atoms with E-state index in [2.05, 4.69) is 21.2 Å². The van der Waals surface area contributed by atoms with E-state index in [0.717, 1.165) is 21.5 Å². The lowest BCUT2D eigenvalue weighted by Gasteiger charge is -2.31. The van der Waals surface area contributed by atoms with Crippen molar-refractivity contribution in [2.45, 2.75) is 32.2 Å². The molecule has 0 saturated carbocycles. The van der Waals surface area contributed by atoms with Crippen LogP contribution in [0, 0.1) is 0 Å². The number of hydrogen-bond donors (Lipinski definition) is 1. The van der Waals surface area contributed by atoms with E-state index < -0.39 is 0 Å². The van der Waals surface area contributed by atoms with Crippen molar-refractivity contribution in [2.24, 2.45) is 0 Å². The maximum atomic E-state index is 12.0. The maximum Gasteiger partial charge on any atom is 0.409 e. The molecule has 0 bridgehead atoms. The van der Waals surface area contributed by atoms with E-state index in [9.17, 15) is 9.59 Å². The first kappa shape index (κ1) is 16.3. The van der Waals surface area contributed by atoms with Crippen molar-refractivity contribution in [3.05, 3.63) is 20.8 Å². The summed E-state index contributed by atoms with van der Waals surface area (Å²) in [6.07, 6.45) is 1.71. The van der Waals surface area contributed by atoms with Crippen molar-refractivity contribution in [3.8, 4) is 0 Å². The molecule has 116 valence electrons. The summed E-state index contributed by atoms with van der Waals surface area (Å²) in [6, 6.07) is 4.05. The fraction of sp³-hybridized carbons (Fsp3) is 0.571. The van der Waals surface area contributed by atoms with Crippen molar-refractivity contribution in [2.75, 3.05) is 19.7 Å². The Bertz CT molecular complexity index is 498.